The maximum absolute atomic E-state index is 12.1. The van der Waals surface area contributed by atoms with Gasteiger partial charge in [-0.2, -0.15) is 0 Å². The molecule has 0 saturated carbocycles. The molecule has 4 heteroatoms. The van der Waals surface area contributed by atoms with Gasteiger partial charge >= 0.3 is 0 Å². The van der Waals surface area contributed by atoms with E-state index in [0.29, 0.717) is 0 Å². The van der Waals surface area contributed by atoms with Crippen LogP contribution in [0.4, 0.5) is 0 Å². The first kappa shape index (κ1) is 15.2. The van der Waals surface area contributed by atoms with Crippen LogP contribution in [0.5, 0.6) is 0 Å². The van der Waals surface area contributed by atoms with Gasteiger partial charge in [0.15, 0.2) is 9.84 Å². The number of hydrogen-bond acceptors (Lipinski definition) is 3. The molecule has 1 atom stereocenters. The minimum Gasteiger partial charge on any atom is -0.323 e. The van der Waals surface area contributed by atoms with Crippen LogP contribution in [0.3, 0.4) is 0 Å². The van der Waals surface area contributed by atoms with Gasteiger partial charge in [0.2, 0.25) is 0 Å². The minimum atomic E-state index is -3.20. The van der Waals surface area contributed by atoms with Crippen LogP contribution >= 0.6 is 0 Å². The number of aryl methyl sites for hydroxylation is 2. The zero-order chi connectivity index (χ0) is 14.1. The minimum absolute atomic E-state index is 0.0135. The van der Waals surface area contributed by atoms with E-state index < -0.39 is 20.6 Å². The zero-order valence-electron chi connectivity index (χ0n) is 11.8. The second kappa shape index (κ2) is 5.02. The molecule has 1 rings (SSSR count). The fourth-order valence-corrected chi connectivity index (χ4v) is 2.97. The third-order valence-electron chi connectivity index (χ3n) is 3.16. The van der Waals surface area contributed by atoms with E-state index in [4.69, 9.17) is 5.73 Å². The molecule has 102 valence electrons. The van der Waals surface area contributed by atoms with Crippen LogP contribution in [0.1, 0.15) is 43.5 Å². The Bertz CT molecular complexity index is 527. The normalized spacial score (nSPS) is 14.6. The van der Waals surface area contributed by atoms with Gasteiger partial charge in [0.1, 0.15) is 0 Å². The van der Waals surface area contributed by atoms with Crippen molar-refractivity contribution < 1.29 is 8.42 Å². The molecular weight excluding hydrogens is 246 g/mol. The predicted molar refractivity (Wildman–Crippen MR) is 76.4 cm³/mol. The van der Waals surface area contributed by atoms with E-state index >= 15 is 0 Å². The Hall–Kier alpha value is -0.870. The van der Waals surface area contributed by atoms with E-state index in [1.165, 1.54) is 0 Å². The summed E-state index contributed by atoms with van der Waals surface area (Å²) in [7, 11) is -3.20. The van der Waals surface area contributed by atoms with Crippen LogP contribution in [0.25, 0.3) is 0 Å². The van der Waals surface area contributed by atoms with Crippen molar-refractivity contribution in [2.75, 3.05) is 5.75 Å². The van der Waals surface area contributed by atoms with Gasteiger partial charge in [0, 0.05) is 6.04 Å². The lowest BCUT2D eigenvalue weighted by Crippen LogP contribution is -2.35. The summed E-state index contributed by atoms with van der Waals surface area (Å²) in [5.74, 6) is -0.0135. The van der Waals surface area contributed by atoms with Gasteiger partial charge in [0.25, 0.3) is 0 Å². The van der Waals surface area contributed by atoms with Crippen LogP contribution in [0.15, 0.2) is 18.2 Å². The maximum atomic E-state index is 12.1. The molecule has 0 aromatic heterocycles. The first-order valence-electron chi connectivity index (χ1n) is 6.09. The molecule has 18 heavy (non-hydrogen) atoms. The highest BCUT2D eigenvalue weighted by Gasteiger charge is 2.31. The van der Waals surface area contributed by atoms with E-state index in [9.17, 15) is 8.42 Å². The quantitative estimate of drug-likeness (QED) is 0.917. The predicted octanol–water partition coefficient (Wildman–Crippen LogP) is 2.52. The van der Waals surface area contributed by atoms with Crippen molar-refractivity contribution in [3.63, 3.8) is 0 Å². The van der Waals surface area contributed by atoms with Gasteiger partial charge in [-0.15, -0.1) is 0 Å². The lowest BCUT2D eigenvalue weighted by molar-refractivity contribution is 0.553. The summed E-state index contributed by atoms with van der Waals surface area (Å²) >= 11 is 0. The second-order valence-corrected chi connectivity index (χ2v) is 8.65. The lowest BCUT2D eigenvalue weighted by Gasteiger charge is -2.23. The Balaban J connectivity index is 3.00. The molecule has 0 spiro atoms. The molecule has 0 heterocycles. The molecule has 2 N–H and O–H groups in total. The summed E-state index contributed by atoms with van der Waals surface area (Å²) in [5, 5.41) is 0. The van der Waals surface area contributed by atoms with Crippen molar-refractivity contribution in [1.29, 1.82) is 0 Å². The van der Waals surface area contributed by atoms with Gasteiger partial charge in [-0.05, 0) is 45.7 Å². The van der Waals surface area contributed by atoms with Gasteiger partial charge in [-0.25, -0.2) is 8.42 Å². The summed E-state index contributed by atoms with van der Waals surface area (Å²) in [4.78, 5) is 0. The number of benzene rings is 1. The molecule has 0 radical (unpaired) electrons. The highest BCUT2D eigenvalue weighted by Crippen LogP contribution is 2.23. The molecule has 0 fully saturated rings. The van der Waals surface area contributed by atoms with Crippen LogP contribution in [-0.2, 0) is 9.84 Å². The number of sulfone groups is 1. The first-order chi connectivity index (χ1) is 8.04. The third-order valence-corrected chi connectivity index (χ3v) is 5.82. The summed E-state index contributed by atoms with van der Waals surface area (Å²) in [5.41, 5.74) is 9.16. The molecule has 3 nitrogen and oxygen atoms in total. The molecule has 1 aromatic rings. The van der Waals surface area contributed by atoms with Crippen LogP contribution in [0, 0.1) is 13.8 Å². The van der Waals surface area contributed by atoms with E-state index in [1.807, 2.05) is 32.0 Å². The van der Waals surface area contributed by atoms with Gasteiger partial charge in [-0.1, -0.05) is 23.8 Å². The van der Waals surface area contributed by atoms with Crippen LogP contribution in [0.2, 0.25) is 0 Å². The Kier molecular flexibility index (Phi) is 4.23. The SMILES string of the molecule is Cc1ccc(C(N)CS(=O)(=O)C(C)(C)C)c(C)c1. The highest BCUT2D eigenvalue weighted by atomic mass is 32.2. The number of nitrogens with two attached hydrogens (primary N) is 1. The number of rotatable bonds is 3. The van der Waals surface area contributed by atoms with Crippen LogP contribution in [-0.4, -0.2) is 18.9 Å². The topological polar surface area (TPSA) is 60.2 Å². The van der Waals surface area contributed by atoms with E-state index in [2.05, 4.69) is 0 Å². The molecule has 0 bridgehead atoms. The summed E-state index contributed by atoms with van der Waals surface area (Å²) in [6, 6.07) is 5.45. The van der Waals surface area contributed by atoms with Gasteiger partial charge in [0.05, 0.1) is 10.5 Å². The summed E-state index contributed by atoms with van der Waals surface area (Å²) < 4.78 is 23.5. The Labute approximate surface area is 110 Å². The first-order valence-corrected chi connectivity index (χ1v) is 7.75. The summed E-state index contributed by atoms with van der Waals surface area (Å²) in [6.07, 6.45) is 0. The molecule has 0 aliphatic rings. The van der Waals surface area contributed by atoms with E-state index in [1.54, 1.807) is 20.8 Å². The largest absolute Gasteiger partial charge is 0.323 e. The van der Waals surface area contributed by atoms with E-state index in [-0.39, 0.29) is 5.75 Å². The fraction of sp³-hybridized carbons (Fsp3) is 0.571. The Morgan fingerprint density at radius 3 is 2.22 bits per heavy atom. The molecule has 0 aliphatic carbocycles. The fourth-order valence-electron chi connectivity index (χ4n) is 1.82. The third kappa shape index (κ3) is 3.33. The standard InChI is InChI=1S/C14H23NO2S/c1-10-6-7-12(11(2)8-10)13(15)9-18(16,17)14(3,4)5/h6-8,13H,9,15H2,1-5H3. The average Bonchev–Trinajstić information content (AvgIpc) is 2.14. The van der Waals surface area contributed by atoms with Crippen LogP contribution < -0.4 is 5.73 Å². The Morgan fingerprint density at radius 2 is 1.78 bits per heavy atom. The smallest absolute Gasteiger partial charge is 0.157 e. The van der Waals surface area contributed by atoms with Crippen molar-refractivity contribution in [1.82, 2.24) is 0 Å². The summed E-state index contributed by atoms with van der Waals surface area (Å²) in [6.45, 7) is 9.09. The van der Waals surface area contributed by atoms with Crippen molar-refractivity contribution in [2.45, 2.75) is 45.4 Å². The van der Waals surface area contributed by atoms with Gasteiger partial charge in [-0.3, -0.25) is 0 Å². The van der Waals surface area contributed by atoms with Gasteiger partial charge < -0.3 is 5.73 Å². The van der Waals surface area contributed by atoms with Crippen molar-refractivity contribution in [3.8, 4) is 0 Å². The molecule has 1 unspecified atom stereocenters. The zero-order valence-corrected chi connectivity index (χ0v) is 12.6. The molecule has 0 amide bonds. The lowest BCUT2D eigenvalue weighted by atomic mass is 10.0. The maximum Gasteiger partial charge on any atom is 0.157 e. The Morgan fingerprint density at radius 1 is 1.22 bits per heavy atom. The monoisotopic (exact) mass is 269 g/mol. The molecule has 0 saturated heterocycles. The number of hydrogen-bond donors (Lipinski definition) is 1. The average molecular weight is 269 g/mol. The molecule has 1 aromatic carbocycles. The van der Waals surface area contributed by atoms with Crippen molar-refractivity contribution in [3.05, 3.63) is 34.9 Å². The molecular formula is C14H23NO2S. The second-order valence-electron chi connectivity index (χ2n) is 5.86. The van der Waals surface area contributed by atoms with Crippen molar-refractivity contribution >= 4 is 9.84 Å². The van der Waals surface area contributed by atoms with E-state index in [0.717, 1.165) is 16.7 Å². The highest BCUT2D eigenvalue weighted by molar-refractivity contribution is 7.92. The molecule has 0 aliphatic heterocycles. The van der Waals surface area contributed by atoms with Crippen molar-refractivity contribution in [2.24, 2.45) is 5.73 Å².